The molecule has 0 unspecified atom stereocenters. The van der Waals surface area contributed by atoms with Gasteiger partial charge in [0.2, 0.25) is 5.91 Å². The van der Waals surface area contributed by atoms with Crippen LogP contribution in [0.15, 0.2) is 40.6 Å². The molecule has 0 aliphatic carbocycles. The minimum Gasteiger partial charge on any atom is -0.321 e. The number of halogens is 2. The third-order valence-electron chi connectivity index (χ3n) is 2.40. The number of hydrogen-bond donors (Lipinski definition) is 1. The van der Waals surface area contributed by atoms with Gasteiger partial charge in [0.15, 0.2) is 0 Å². The summed E-state index contributed by atoms with van der Waals surface area (Å²) in [5.74, 6) is -2.92. The maximum Gasteiger partial charge on any atom is 0.288 e. The van der Waals surface area contributed by atoms with E-state index in [-0.39, 0.29) is 5.91 Å². The maximum atomic E-state index is 12.4. The molecular formula is C14H12F2N2OS2. The molecule has 3 nitrogen and oxygen atoms in total. The molecule has 1 amide bonds. The summed E-state index contributed by atoms with van der Waals surface area (Å²) in [4.78, 5) is 16.3. The summed E-state index contributed by atoms with van der Waals surface area (Å²) in [6, 6.07) is 6.45. The summed E-state index contributed by atoms with van der Waals surface area (Å²) in [5.41, 5.74) is 1.06. The molecule has 0 spiro atoms. The summed E-state index contributed by atoms with van der Waals surface area (Å²) in [5, 5.41) is 5.33. The molecule has 7 heteroatoms. The summed E-state index contributed by atoms with van der Waals surface area (Å²) in [7, 11) is 0. The summed E-state index contributed by atoms with van der Waals surface area (Å²) in [6.45, 7) is 1.87. The van der Waals surface area contributed by atoms with E-state index in [0.717, 1.165) is 5.01 Å². The van der Waals surface area contributed by atoms with Crippen molar-refractivity contribution in [3.63, 3.8) is 0 Å². The van der Waals surface area contributed by atoms with Gasteiger partial charge in [-0.25, -0.2) is 4.98 Å². The summed E-state index contributed by atoms with van der Waals surface area (Å²) in [6.07, 6.45) is 2.92. The zero-order chi connectivity index (χ0) is 15.2. The Hall–Kier alpha value is -1.73. The Morgan fingerprint density at radius 3 is 2.86 bits per heavy atom. The molecule has 1 aromatic heterocycles. The third-order valence-corrected chi connectivity index (χ3v) is 3.98. The first-order valence-corrected chi connectivity index (χ1v) is 7.75. The van der Waals surface area contributed by atoms with Gasteiger partial charge in [-0.1, -0.05) is 23.9 Å². The molecule has 110 valence electrons. The SMILES string of the molecule is Cc1nc(/C=C/C(=O)Nc2ccccc2SC(F)F)cs1. The average molecular weight is 326 g/mol. The molecule has 21 heavy (non-hydrogen) atoms. The van der Waals surface area contributed by atoms with Gasteiger partial charge in [-0.3, -0.25) is 4.79 Å². The van der Waals surface area contributed by atoms with Crippen LogP contribution in [0.1, 0.15) is 10.7 Å². The van der Waals surface area contributed by atoms with Crippen LogP contribution in [0.3, 0.4) is 0 Å². The monoisotopic (exact) mass is 326 g/mol. The van der Waals surface area contributed by atoms with Crippen molar-refractivity contribution in [1.82, 2.24) is 4.98 Å². The zero-order valence-electron chi connectivity index (χ0n) is 11.0. The highest BCUT2D eigenvalue weighted by molar-refractivity contribution is 7.99. The minimum atomic E-state index is -2.53. The summed E-state index contributed by atoms with van der Waals surface area (Å²) < 4.78 is 24.9. The second-order valence-electron chi connectivity index (χ2n) is 3.99. The molecule has 0 bridgehead atoms. The summed E-state index contributed by atoms with van der Waals surface area (Å²) >= 11 is 1.89. The molecule has 2 aromatic rings. The second kappa shape index (κ2) is 7.33. The van der Waals surface area contributed by atoms with E-state index < -0.39 is 5.76 Å². The topological polar surface area (TPSA) is 42.0 Å². The van der Waals surface area contributed by atoms with Crippen molar-refractivity contribution in [2.45, 2.75) is 17.6 Å². The Labute approximate surface area is 129 Å². The zero-order valence-corrected chi connectivity index (χ0v) is 12.7. The van der Waals surface area contributed by atoms with Gasteiger partial charge in [0.25, 0.3) is 5.76 Å². The number of aromatic nitrogens is 1. The first-order valence-electron chi connectivity index (χ1n) is 5.99. The number of anilines is 1. The smallest absolute Gasteiger partial charge is 0.288 e. The number of nitrogens with zero attached hydrogens (tertiary/aromatic N) is 1. The molecule has 1 heterocycles. The van der Waals surface area contributed by atoms with Crippen LogP contribution in [0.25, 0.3) is 6.08 Å². The van der Waals surface area contributed by atoms with Gasteiger partial charge in [-0.2, -0.15) is 8.78 Å². The first kappa shape index (κ1) is 15.7. The molecule has 1 N–H and O–H groups in total. The fourth-order valence-corrected chi connectivity index (χ4v) is 2.74. The lowest BCUT2D eigenvalue weighted by Gasteiger charge is -2.08. The lowest BCUT2D eigenvalue weighted by Crippen LogP contribution is -2.08. The standard InChI is InChI=1S/C14H12F2N2OS2/c1-9-17-10(8-20-9)6-7-13(19)18-11-4-2-3-5-12(11)21-14(15)16/h2-8,14H,1H3,(H,18,19)/b7-6+. The largest absolute Gasteiger partial charge is 0.321 e. The van der Waals surface area contributed by atoms with E-state index in [1.54, 1.807) is 30.3 Å². The quantitative estimate of drug-likeness (QED) is 0.653. The Morgan fingerprint density at radius 2 is 2.19 bits per heavy atom. The fourth-order valence-electron chi connectivity index (χ4n) is 1.56. The average Bonchev–Trinajstić information content (AvgIpc) is 2.84. The highest BCUT2D eigenvalue weighted by atomic mass is 32.2. The van der Waals surface area contributed by atoms with E-state index in [0.29, 0.717) is 28.0 Å². The van der Waals surface area contributed by atoms with Crippen LogP contribution in [-0.4, -0.2) is 16.6 Å². The van der Waals surface area contributed by atoms with E-state index in [4.69, 9.17) is 0 Å². The second-order valence-corrected chi connectivity index (χ2v) is 6.08. The van der Waals surface area contributed by atoms with Gasteiger partial charge in [-0.15, -0.1) is 11.3 Å². The van der Waals surface area contributed by atoms with Gasteiger partial charge >= 0.3 is 0 Å². The number of para-hydroxylation sites is 1. The van der Waals surface area contributed by atoms with Gasteiger partial charge in [0.1, 0.15) is 0 Å². The van der Waals surface area contributed by atoms with Crippen LogP contribution in [0.4, 0.5) is 14.5 Å². The fraction of sp³-hybridized carbons (Fsp3) is 0.143. The van der Waals surface area contributed by atoms with Crippen LogP contribution in [0.5, 0.6) is 0 Å². The number of thiazole rings is 1. The number of carbonyl (C=O) groups is 1. The molecule has 1 aromatic carbocycles. The van der Waals surface area contributed by atoms with Crippen molar-refractivity contribution >= 4 is 40.8 Å². The molecule has 0 saturated heterocycles. The molecule has 0 atom stereocenters. The highest BCUT2D eigenvalue weighted by Crippen LogP contribution is 2.31. The van der Waals surface area contributed by atoms with E-state index in [1.165, 1.54) is 17.4 Å². The normalized spacial score (nSPS) is 11.2. The Balaban J connectivity index is 2.04. The number of benzene rings is 1. The molecule has 0 radical (unpaired) electrons. The number of alkyl halides is 2. The maximum absolute atomic E-state index is 12.4. The number of hydrogen-bond acceptors (Lipinski definition) is 4. The van der Waals surface area contributed by atoms with Crippen LogP contribution < -0.4 is 5.32 Å². The molecule has 0 aliphatic heterocycles. The van der Waals surface area contributed by atoms with Crippen molar-refractivity contribution in [3.8, 4) is 0 Å². The lowest BCUT2D eigenvalue weighted by molar-refractivity contribution is -0.111. The third kappa shape index (κ3) is 4.95. The Bertz CT molecular complexity index is 656. The van der Waals surface area contributed by atoms with Crippen molar-refractivity contribution in [2.24, 2.45) is 0 Å². The van der Waals surface area contributed by atoms with E-state index in [2.05, 4.69) is 10.3 Å². The van der Waals surface area contributed by atoms with Crippen LogP contribution >= 0.6 is 23.1 Å². The first-order chi connectivity index (χ1) is 10.0. The molecule has 0 saturated carbocycles. The molecule has 0 fully saturated rings. The Kier molecular flexibility index (Phi) is 5.46. The van der Waals surface area contributed by atoms with Crippen molar-refractivity contribution in [1.29, 1.82) is 0 Å². The highest BCUT2D eigenvalue weighted by Gasteiger charge is 2.10. The van der Waals surface area contributed by atoms with Gasteiger partial charge in [-0.05, 0) is 25.1 Å². The van der Waals surface area contributed by atoms with E-state index in [9.17, 15) is 13.6 Å². The number of nitrogens with one attached hydrogen (secondary N) is 1. The van der Waals surface area contributed by atoms with Crippen molar-refractivity contribution < 1.29 is 13.6 Å². The number of rotatable bonds is 5. The number of aryl methyl sites for hydroxylation is 1. The predicted octanol–water partition coefficient (Wildman–Crippen LogP) is 4.42. The van der Waals surface area contributed by atoms with Crippen LogP contribution in [-0.2, 0) is 4.79 Å². The van der Waals surface area contributed by atoms with Gasteiger partial charge in [0.05, 0.1) is 16.4 Å². The minimum absolute atomic E-state index is 0.332. The van der Waals surface area contributed by atoms with E-state index >= 15 is 0 Å². The van der Waals surface area contributed by atoms with Gasteiger partial charge in [0, 0.05) is 16.4 Å². The van der Waals surface area contributed by atoms with Crippen molar-refractivity contribution in [2.75, 3.05) is 5.32 Å². The van der Waals surface area contributed by atoms with Crippen molar-refractivity contribution in [3.05, 3.63) is 46.4 Å². The number of amides is 1. The van der Waals surface area contributed by atoms with Gasteiger partial charge < -0.3 is 5.32 Å². The molecule has 2 rings (SSSR count). The van der Waals surface area contributed by atoms with Crippen LogP contribution in [0, 0.1) is 6.92 Å². The Morgan fingerprint density at radius 1 is 1.43 bits per heavy atom. The number of carbonyl (C=O) groups excluding carboxylic acids is 1. The van der Waals surface area contributed by atoms with Crippen LogP contribution in [0.2, 0.25) is 0 Å². The number of thioether (sulfide) groups is 1. The molecular weight excluding hydrogens is 314 g/mol. The molecule has 0 aliphatic rings. The predicted molar refractivity (Wildman–Crippen MR) is 82.8 cm³/mol. The lowest BCUT2D eigenvalue weighted by atomic mass is 10.3. The van der Waals surface area contributed by atoms with E-state index in [1.807, 2.05) is 12.3 Å².